The summed E-state index contributed by atoms with van der Waals surface area (Å²) in [7, 11) is 0. The van der Waals surface area contributed by atoms with Crippen LogP contribution in [0.25, 0.3) is 5.69 Å². The van der Waals surface area contributed by atoms with Crippen molar-refractivity contribution in [2.45, 2.75) is 6.18 Å². The van der Waals surface area contributed by atoms with Crippen LogP contribution in [0, 0.1) is 0 Å². The number of rotatable bonds is 1. The first-order valence-electron chi connectivity index (χ1n) is 5.41. The zero-order chi connectivity index (χ0) is 15.2. The summed E-state index contributed by atoms with van der Waals surface area (Å²) in [6.07, 6.45) is -1.20. The predicted molar refractivity (Wildman–Crippen MR) is 63.4 cm³/mol. The minimum Gasteiger partial charge on any atom is -0.542 e. The van der Waals surface area contributed by atoms with E-state index in [2.05, 4.69) is 0 Å². The first-order chi connectivity index (χ1) is 9.30. The lowest BCUT2D eigenvalue weighted by Gasteiger charge is -2.03. The van der Waals surface area contributed by atoms with E-state index in [1.54, 1.807) is 0 Å². The van der Waals surface area contributed by atoms with Crippen LogP contribution in [0.3, 0.4) is 0 Å². The molecule has 0 saturated carbocycles. The van der Waals surface area contributed by atoms with E-state index < -0.39 is 12.1 Å². The van der Waals surface area contributed by atoms with Gasteiger partial charge in [0, 0.05) is 30.0 Å². The van der Waals surface area contributed by atoms with Crippen LogP contribution in [-0.4, -0.2) is 12.1 Å². The van der Waals surface area contributed by atoms with Crippen LogP contribution >= 0.6 is 0 Å². The Bertz CT molecular complexity index is 571. The van der Waals surface area contributed by atoms with Crippen LogP contribution in [0.5, 0.6) is 0 Å². The number of aromatic nitrogens is 1. The van der Waals surface area contributed by atoms with Crippen molar-refractivity contribution >= 4 is 11.7 Å². The van der Waals surface area contributed by atoms with Crippen LogP contribution in [-0.2, 0) is 4.79 Å². The van der Waals surface area contributed by atoms with Gasteiger partial charge < -0.3 is 15.6 Å². The Labute approximate surface area is 112 Å². The van der Waals surface area contributed by atoms with Gasteiger partial charge in [-0.1, -0.05) is 12.1 Å². The normalized spacial score (nSPS) is 10.3. The molecule has 0 atom stereocenters. The number of benzene rings is 1. The number of pyridine rings is 1. The molecule has 20 heavy (non-hydrogen) atoms. The first kappa shape index (κ1) is 15.5. The quantitative estimate of drug-likeness (QED) is 0.623. The maximum absolute atomic E-state index is 10.5. The Morgan fingerprint density at radius 2 is 1.65 bits per heavy atom. The Morgan fingerprint density at radius 3 is 2.10 bits per heavy atom. The molecule has 7 heteroatoms. The lowest BCUT2D eigenvalue weighted by atomic mass is 10.3. The number of nitrogens with zero attached hydrogens (tertiary/aromatic N) is 1. The summed E-state index contributed by atoms with van der Waals surface area (Å²) in [6.45, 7) is 0. The highest BCUT2D eigenvalue weighted by atomic mass is 19.4. The van der Waals surface area contributed by atoms with Gasteiger partial charge in [-0.15, -0.1) is 0 Å². The second kappa shape index (κ2) is 6.55. The Hall–Kier alpha value is -2.57. The number of carbonyl (C=O) groups is 1. The molecule has 0 bridgehead atoms. The Morgan fingerprint density at radius 1 is 1.10 bits per heavy atom. The summed E-state index contributed by atoms with van der Waals surface area (Å²) in [4.78, 5) is 8.78. The van der Waals surface area contributed by atoms with E-state index in [9.17, 15) is 13.2 Å². The highest BCUT2D eigenvalue weighted by Gasteiger charge is 2.28. The van der Waals surface area contributed by atoms with E-state index in [-0.39, 0.29) is 0 Å². The van der Waals surface area contributed by atoms with Gasteiger partial charge in [0.1, 0.15) is 5.97 Å². The largest absolute Gasteiger partial charge is 0.542 e. The average Bonchev–Trinajstić information content (AvgIpc) is 2.39. The zero-order valence-electron chi connectivity index (χ0n) is 10.2. The van der Waals surface area contributed by atoms with Gasteiger partial charge in [-0.3, -0.25) is 0 Å². The fraction of sp³-hybridized carbons (Fsp3) is 0.0769. The highest BCUT2D eigenvalue weighted by molar-refractivity contribution is 5.70. The molecule has 0 spiro atoms. The number of hydrogen-bond acceptors (Lipinski definition) is 3. The van der Waals surface area contributed by atoms with Crippen LogP contribution in [0.4, 0.5) is 18.9 Å². The smallest absolute Gasteiger partial charge is 0.430 e. The molecule has 2 N–H and O–H groups in total. The molecular weight excluding hydrogens is 273 g/mol. The Balaban J connectivity index is 0.000000246. The summed E-state index contributed by atoms with van der Waals surface area (Å²) >= 11 is 0. The lowest BCUT2D eigenvalue weighted by molar-refractivity contribution is -0.595. The van der Waals surface area contributed by atoms with Gasteiger partial charge in [0.15, 0.2) is 12.4 Å². The van der Waals surface area contributed by atoms with Crippen LogP contribution in [0.15, 0.2) is 54.9 Å². The molecule has 1 heterocycles. The van der Waals surface area contributed by atoms with E-state index in [4.69, 9.17) is 15.6 Å². The van der Waals surface area contributed by atoms with E-state index in [0.717, 1.165) is 11.4 Å². The molecule has 0 amide bonds. The van der Waals surface area contributed by atoms with Gasteiger partial charge in [0.25, 0.3) is 0 Å². The van der Waals surface area contributed by atoms with Crippen molar-refractivity contribution in [2.24, 2.45) is 0 Å². The lowest BCUT2D eigenvalue weighted by Crippen LogP contribution is -2.37. The van der Waals surface area contributed by atoms with Crippen molar-refractivity contribution in [3.05, 3.63) is 54.9 Å². The molecule has 1 aromatic heterocycles. The first-order valence-corrected chi connectivity index (χ1v) is 5.41. The van der Waals surface area contributed by atoms with Crippen molar-refractivity contribution in [1.82, 2.24) is 0 Å². The molecule has 0 saturated heterocycles. The number of carboxylic acids is 1. The van der Waals surface area contributed by atoms with Crippen LogP contribution < -0.4 is 15.4 Å². The number of anilines is 1. The molecule has 0 aliphatic carbocycles. The molecule has 0 radical (unpaired) electrons. The highest BCUT2D eigenvalue weighted by Crippen LogP contribution is 2.11. The van der Waals surface area contributed by atoms with E-state index >= 15 is 0 Å². The third kappa shape index (κ3) is 4.97. The molecule has 0 fully saturated rings. The number of carboxylic acid groups (broad SMARTS) is 1. The van der Waals surface area contributed by atoms with Crippen molar-refractivity contribution in [3.8, 4) is 5.69 Å². The predicted octanol–water partition coefficient (Wildman–Crippen LogP) is 0.844. The maximum atomic E-state index is 10.5. The molecule has 1 aromatic carbocycles. The zero-order valence-corrected chi connectivity index (χ0v) is 10.2. The number of hydrogen-bond donors (Lipinski definition) is 1. The summed E-state index contributed by atoms with van der Waals surface area (Å²) in [5.41, 5.74) is 7.55. The number of carbonyl (C=O) groups excluding carboxylic acids is 1. The number of nitrogens with two attached hydrogens (primary N) is 1. The van der Waals surface area contributed by atoms with Gasteiger partial charge in [-0.2, -0.15) is 17.7 Å². The van der Waals surface area contributed by atoms with Crippen molar-refractivity contribution < 1.29 is 27.6 Å². The molecule has 0 aliphatic heterocycles. The van der Waals surface area contributed by atoms with Gasteiger partial charge in [-0.05, 0) is 6.07 Å². The fourth-order valence-corrected chi connectivity index (χ4v) is 1.26. The van der Waals surface area contributed by atoms with E-state index in [1.807, 2.05) is 59.4 Å². The van der Waals surface area contributed by atoms with Gasteiger partial charge in [-0.25, -0.2) is 0 Å². The van der Waals surface area contributed by atoms with Crippen molar-refractivity contribution in [1.29, 1.82) is 0 Å². The summed E-state index contributed by atoms with van der Waals surface area (Å²) in [6, 6.07) is 13.8. The van der Waals surface area contributed by atoms with E-state index in [0.29, 0.717) is 0 Å². The fourth-order valence-electron chi connectivity index (χ4n) is 1.26. The second-order valence-corrected chi connectivity index (χ2v) is 3.66. The van der Waals surface area contributed by atoms with Crippen molar-refractivity contribution in [2.75, 3.05) is 5.73 Å². The number of alkyl halides is 3. The van der Waals surface area contributed by atoms with Gasteiger partial charge >= 0.3 is 6.18 Å². The minimum absolute atomic E-state index is 0.786. The van der Waals surface area contributed by atoms with Gasteiger partial charge in [0.05, 0.1) is 0 Å². The summed E-state index contributed by atoms with van der Waals surface area (Å²) in [5.74, 6) is -3.01. The third-order valence-electron chi connectivity index (χ3n) is 2.12. The van der Waals surface area contributed by atoms with Gasteiger partial charge in [0.2, 0.25) is 5.69 Å². The SMILES string of the molecule is Nc1cccc(-[n+]2ccccc2)c1.O=C([O-])C(F)(F)F. The second-order valence-electron chi connectivity index (χ2n) is 3.66. The number of nitrogen functional groups attached to an aromatic ring is 1. The molecule has 2 rings (SSSR count). The van der Waals surface area contributed by atoms with Crippen molar-refractivity contribution in [3.63, 3.8) is 0 Å². The molecule has 0 unspecified atom stereocenters. The Kier molecular flexibility index (Phi) is 5.08. The third-order valence-corrected chi connectivity index (χ3v) is 2.12. The maximum Gasteiger partial charge on any atom is 0.430 e. The van der Waals surface area contributed by atoms with Crippen LogP contribution in [0.2, 0.25) is 0 Å². The van der Waals surface area contributed by atoms with E-state index in [1.165, 1.54) is 0 Å². The number of halogens is 3. The minimum atomic E-state index is -5.19. The number of aliphatic carboxylic acids is 1. The summed E-state index contributed by atoms with van der Waals surface area (Å²) in [5, 5.41) is 8.78. The topological polar surface area (TPSA) is 70.0 Å². The molecule has 106 valence electrons. The average molecular weight is 284 g/mol. The monoisotopic (exact) mass is 284 g/mol. The molecular formula is C13H11F3N2O2. The standard InChI is InChI=1S/C11H11N2.C2HF3O2/c12-10-5-4-6-11(9-10)13-7-2-1-3-8-13;3-2(4,5)1(6)7/h1-9H,12H2;(H,6,7)/q+1;/p-1. The molecule has 2 aromatic rings. The summed E-state index contributed by atoms with van der Waals surface area (Å²) < 4.78 is 33.6. The molecule has 4 nitrogen and oxygen atoms in total. The molecule has 0 aliphatic rings. The van der Waals surface area contributed by atoms with Crippen LogP contribution in [0.1, 0.15) is 0 Å².